The summed E-state index contributed by atoms with van der Waals surface area (Å²) in [6, 6.07) is -1.47. The number of piperidine rings is 1. The number of amides is 2. The van der Waals surface area contributed by atoms with E-state index in [1.54, 1.807) is 7.05 Å². The van der Waals surface area contributed by atoms with Crippen molar-refractivity contribution in [2.75, 3.05) is 13.6 Å². The molecule has 0 bridgehead atoms. The smallest absolute Gasteiger partial charge is 0.326 e. The third kappa shape index (κ3) is 5.63. The first kappa shape index (κ1) is 18.4. The Morgan fingerprint density at radius 3 is 2.55 bits per heavy atom. The number of rotatable bonds is 8. The van der Waals surface area contributed by atoms with Gasteiger partial charge < -0.3 is 21.1 Å². The van der Waals surface area contributed by atoms with E-state index in [2.05, 4.69) is 16.0 Å². The minimum absolute atomic E-state index is 0.126. The average molecular weight is 313 g/mol. The molecule has 126 valence electrons. The molecule has 3 atom stereocenters. The van der Waals surface area contributed by atoms with Gasteiger partial charge in [-0.3, -0.25) is 9.59 Å². The maximum Gasteiger partial charge on any atom is 0.326 e. The first-order valence-corrected chi connectivity index (χ1v) is 7.83. The van der Waals surface area contributed by atoms with E-state index in [1.807, 2.05) is 13.8 Å². The van der Waals surface area contributed by atoms with Gasteiger partial charge in [0.25, 0.3) is 0 Å². The fourth-order valence-electron chi connectivity index (χ4n) is 2.67. The Balaban J connectivity index is 2.64. The van der Waals surface area contributed by atoms with E-state index in [-0.39, 0.29) is 24.2 Å². The van der Waals surface area contributed by atoms with Crippen molar-refractivity contribution in [3.63, 3.8) is 0 Å². The molecule has 3 unspecified atom stereocenters. The zero-order valence-corrected chi connectivity index (χ0v) is 13.5. The first-order chi connectivity index (χ1) is 10.3. The van der Waals surface area contributed by atoms with Gasteiger partial charge in [-0.15, -0.1) is 0 Å². The van der Waals surface area contributed by atoms with Gasteiger partial charge >= 0.3 is 5.97 Å². The van der Waals surface area contributed by atoms with Crippen LogP contribution in [0.1, 0.15) is 39.5 Å². The van der Waals surface area contributed by atoms with E-state index in [1.165, 1.54) is 0 Å². The fraction of sp³-hybridized carbons (Fsp3) is 0.800. The molecule has 4 N–H and O–H groups in total. The van der Waals surface area contributed by atoms with Crippen LogP contribution in [0.3, 0.4) is 0 Å². The van der Waals surface area contributed by atoms with Crippen molar-refractivity contribution >= 4 is 17.8 Å². The van der Waals surface area contributed by atoms with E-state index >= 15 is 0 Å². The number of aliphatic carboxylic acids is 1. The largest absolute Gasteiger partial charge is 0.480 e. The highest BCUT2D eigenvalue weighted by Crippen LogP contribution is 2.18. The Hall–Kier alpha value is -1.63. The lowest BCUT2D eigenvalue weighted by atomic mass is 9.91. The molecule has 1 aliphatic rings. The number of carboxylic acid groups (broad SMARTS) is 1. The molecule has 0 aliphatic carbocycles. The third-order valence-electron chi connectivity index (χ3n) is 3.91. The van der Waals surface area contributed by atoms with Crippen molar-refractivity contribution in [1.82, 2.24) is 16.0 Å². The van der Waals surface area contributed by atoms with Gasteiger partial charge in [0.1, 0.15) is 6.04 Å². The molecule has 22 heavy (non-hydrogen) atoms. The van der Waals surface area contributed by atoms with Crippen LogP contribution in [0.2, 0.25) is 0 Å². The Morgan fingerprint density at radius 1 is 1.36 bits per heavy atom. The quantitative estimate of drug-likeness (QED) is 0.508. The van der Waals surface area contributed by atoms with E-state index in [0.717, 1.165) is 6.42 Å². The Kier molecular flexibility index (Phi) is 7.31. The summed E-state index contributed by atoms with van der Waals surface area (Å²) >= 11 is 0. The highest BCUT2D eigenvalue weighted by atomic mass is 16.4. The van der Waals surface area contributed by atoms with E-state index in [4.69, 9.17) is 0 Å². The van der Waals surface area contributed by atoms with Gasteiger partial charge in [0.15, 0.2) is 0 Å². The summed E-state index contributed by atoms with van der Waals surface area (Å²) in [4.78, 5) is 35.3. The molecular formula is C15H27N3O4. The van der Waals surface area contributed by atoms with Crippen LogP contribution in [0.15, 0.2) is 0 Å². The Bertz CT molecular complexity index is 412. The fourth-order valence-corrected chi connectivity index (χ4v) is 2.67. The normalized spacial score (nSPS) is 21.1. The second-order valence-corrected chi connectivity index (χ2v) is 6.24. The summed E-state index contributed by atoms with van der Waals surface area (Å²) in [6.45, 7) is 4.63. The van der Waals surface area contributed by atoms with Crippen molar-refractivity contribution in [3.8, 4) is 0 Å². The summed E-state index contributed by atoms with van der Waals surface area (Å²) in [5.41, 5.74) is 0. The predicted octanol–water partition coefficient (Wildman–Crippen LogP) is 0.106. The molecule has 0 aromatic heterocycles. The molecule has 1 aliphatic heterocycles. The van der Waals surface area contributed by atoms with Crippen LogP contribution in [0.5, 0.6) is 0 Å². The number of nitrogens with one attached hydrogen (secondary N) is 3. The van der Waals surface area contributed by atoms with Crippen LogP contribution < -0.4 is 16.0 Å². The van der Waals surface area contributed by atoms with Gasteiger partial charge in [-0.25, -0.2) is 4.79 Å². The van der Waals surface area contributed by atoms with E-state index < -0.39 is 18.1 Å². The molecule has 2 amide bonds. The maximum absolute atomic E-state index is 12.2. The number of carboxylic acids is 1. The lowest BCUT2D eigenvalue weighted by Crippen LogP contribution is -2.51. The summed E-state index contributed by atoms with van der Waals surface area (Å²) in [5.74, 6) is -1.60. The van der Waals surface area contributed by atoms with Gasteiger partial charge in [0.2, 0.25) is 11.8 Å². The van der Waals surface area contributed by atoms with Crippen LogP contribution in [0, 0.1) is 11.8 Å². The molecule has 1 rings (SSSR count). The van der Waals surface area contributed by atoms with Crippen LogP contribution >= 0.6 is 0 Å². The monoisotopic (exact) mass is 313 g/mol. The molecule has 0 spiro atoms. The van der Waals surface area contributed by atoms with Crippen molar-refractivity contribution in [2.24, 2.45) is 11.8 Å². The molecule has 7 nitrogen and oxygen atoms in total. The van der Waals surface area contributed by atoms with Gasteiger partial charge in [0.05, 0.1) is 6.04 Å². The van der Waals surface area contributed by atoms with Crippen molar-refractivity contribution in [2.45, 2.75) is 51.6 Å². The van der Waals surface area contributed by atoms with Gasteiger partial charge in [-0.1, -0.05) is 13.8 Å². The Labute approximate surface area is 131 Å². The molecule has 7 heteroatoms. The van der Waals surface area contributed by atoms with Crippen molar-refractivity contribution in [3.05, 3.63) is 0 Å². The molecular weight excluding hydrogens is 286 g/mol. The summed E-state index contributed by atoms with van der Waals surface area (Å²) in [7, 11) is 1.68. The topological polar surface area (TPSA) is 108 Å². The SMILES string of the molecule is CNC(CC(C)C)C(=O)NC(CC1CCCNC1=O)C(=O)O. The lowest BCUT2D eigenvalue weighted by Gasteiger charge is -2.26. The minimum atomic E-state index is -1.11. The molecule has 0 radical (unpaired) electrons. The number of hydrogen-bond donors (Lipinski definition) is 4. The van der Waals surface area contributed by atoms with Gasteiger partial charge in [0, 0.05) is 12.5 Å². The summed E-state index contributed by atoms with van der Waals surface area (Å²) < 4.78 is 0. The van der Waals surface area contributed by atoms with E-state index in [9.17, 15) is 19.5 Å². The molecule has 1 heterocycles. The molecule has 1 fully saturated rings. The first-order valence-electron chi connectivity index (χ1n) is 7.83. The molecule has 0 aromatic rings. The lowest BCUT2D eigenvalue weighted by molar-refractivity contribution is -0.143. The summed E-state index contributed by atoms with van der Waals surface area (Å²) in [6.07, 6.45) is 2.25. The highest BCUT2D eigenvalue weighted by Gasteiger charge is 2.31. The second-order valence-electron chi connectivity index (χ2n) is 6.24. The predicted molar refractivity (Wildman–Crippen MR) is 82.2 cm³/mol. The minimum Gasteiger partial charge on any atom is -0.480 e. The third-order valence-corrected chi connectivity index (χ3v) is 3.91. The summed E-state index contributed by atoms with van der Waals surface area (Å²) in [5, 5.41) is 17.5. The van der Waals surface area contributed by atoms with Crippen molar-refractivity contribution in [1.29, 1.82) is 0 Å². The highest BCUT2D eigenvalue weighted by molar-refractivity contribution is 5.87. The Morgan fingerprint density at radius 2 is 2.05 bits per heavy atom. The zero-order valence-electron chi connectivity index (χ0n) is 13.5. The van der Waals surface area contributed by atoms with E-state index in [0.29, 0.717) is 25.3 Å². The van der Waals surface area contributed by atoms with Crippen molar-refractivity contribution < 1.29 is 19.5 Å². The van der Waals surface area contributed by atoms with Gasteiger partial charge in [-0.2, -0.15) is 0 Å². The van der Waals surface area contributed by atoms with Gasteiger partial charge in [-0.05, 0) is 38.6 Å². The van der Waals surface area contributed by atoms with Crippen LogP contribution in [-0.4, -0.2) is 48.6 Å². The molecule has 1 saturated heterocycles. The van der Waals surface area contributed by atoms with Crippen LogP contribution in [0.4, 0.5) is 0 Å². The second kappa shape index (κ2) is 8.73. The number of hydrogen-bond acceptors (Lipinski definition) is 4. The average Bonchev–Trinajstić information content (AvgIpc) is 2.45. The number of carbonyl (C=O) groups is 3. The molecule has 0 saturated carbocycles. The standard InChI is InChI=1S/C15H27N3O4/c1-9(2)7-11(16-3)14(20)18-12(15(21)22)8-10-5-4-6-17-13(10)19/h9-12,16H,4-8H2,1-3H3,(H,17,19)(H,18,20)(H,21,22). The zero-order chi connectivity index (χ0) is 16.7. The number of carbonyl (C=O) groups excluding carboxylic acids is 2. The maximum atomic E-state index is 12.2. The van der Waals surface area contributed by atoms with Crippen LogP contribution in [0.25, 0.3) is 0 Å². The number of likely N-dealkylation sites (N-methyl/N-ethyl adjacent to an activating group) is 1. The molecule has 0 aromatic carbocycles. The van der Waals surface area contributed by atoms with Crippen LogP contribution in [-0.2, 0) is 14.4 Å².